The number of carbonyl (C=O) groups excluding carboxylic acids is 1. The van der Waals surface area contributed by atoms with E-state index >= 15 is 0 Å². The van der Waals surface area contributed by atoms with Gasteiger partial charge in [0.2, 0.25) is 5.91 Å². The summed E-state index contributed by atoms with van der Waals surface area (Å²) in [6.45, 7) is 5.47. The average Bonchev–Trinajstić information content (AvgIpc) is 3.58. The van der Waals surface area contributed by atoms with Gasteiger partial charge < -0.3 is 20.2 Å². The van der Waals surface area contributed by atoms with Gasteiger partial charge in [-0.05, 0) is 69.6 Å². The summed E-state index contributed by atoms with van der Waals surface area (Å²) in [4.78, 5) is 24.5. The molecule has 0 bridgehead atoms. The second-order valence-electron chi connectivity index (χ2n) is 8.86. The van der Waals surface area contributed by atoms with Gasteiger partial charge in [0.25, 0.3) is 0 Å². The van der Waals surface area contributed by atoms with Crippen LogP contribution >= 0.6 is 7.14 Å². The zero-order valence-corrected chi connectivity index (χ0v) is 18.3. The van der Waals surface area contributed by atoms with E-state index in [-0.39, 0.29) is 11.8 Å². The molecule has 8 heteroatoms. The summed E-state index contributed by atoms with van der Waals surface area (Å²) < 4.78 is 13.1. The van der Waals surface area contributed by atoms with Gasteiger partial charge in [0, 0.05) is 23.0 Å². The fourth-order valence-electron chi connectivity index (χ4n) is 3.75. The van der Waals surface area contributed by atoms with Gasteiger partial charge in [-0.1, -0.05) is 6.07 Å². The van der Waals surface area contributed by atoms with Crippen molar-refractivity contribution >= 4 is 46.7 Å². The van der Waals surface area contributed by atoms with E-state index in [1.54, 1.807) is 19.4 Å². The van der Waals surface area contributed by atoms with Crippen molar-refractivity contribution in [2.24, 2.45) is 5.92 Å². The van der Waals surface area contributed by atoms with Crippen molar-refractivity contribution in [3.63, 3.8) is 0 Å². The molecule has 0 unspecified atom stereocenters. The first-order valence-electron chi connectivity index (χ1n) is 10.4. The van der Waals surface area contributed by atoms with Crippen molar-refractivity contribution < 1.29 is 9.36 Å². The Morgan fingerprint density at radius 3 is 2.53 bits per heavy atom. The molecular formula is C22H26N5O2P. The van der Waals surface area contributed by atoms with Crippen LogP contribution in [0.25, 0.3) is 11.2 Å². The lowest BCUT2D eigenvalue weighted by atomic mass is 10.1. The van der Waals surface area contributed by atoms with E-state index in [0.717, 1.165) is 35.3 Å². The highest BCUT2D eigenvalue weighted by Crippen LogP contribution is 2.44. The minimum Gasteiger partial charge on any atom is -0.353 e. The molecule has 2 aliphatic rings. The molecule has 2 fully saturated rings. The molecule has 1 amide bonds. The number of aryl methyl sites for hydroxylation is 1. The maximum absolute atomic E-state index is 13.1. The van der Waals surface area contributed by atoms with Crippen molar-refractivity contribution in [3.05, 3.63) is 35.7 Å². The Bertz CT molecular complexity index is 1200. The van der Waals surface area contributed by atoms with Gasteiger partial charge >= 0.3 is 0 Å². The number of carbonyl (C=O) groups is 1. The van der Waals surface area contributed by atoms with Crippen LogP contribution in [-0.4, -0.2) is 34.2 Å². The SMILES string of the molecule is Cc1nc2c(Nc3ccc(C4CC4)cc3P(C)(C)=O)cc(NC(=O)C3CC3)nc2[nH]1. The number of hydrogen-bond donors (Lipinski definition) is 3. The monoisotopic (exact) mass is 423 g/mol. The summed E-state index contributed by atoms with van der Waals surface area (Å²) in [6.07, 6.45) is 4.26. The van der Waals surface area contributed by atoms with Gasteiger partial charge in [-0.3, -0.25) is 4.79 Å². The molecule has 2 aromatic heterocycles. The summed E-state index contributed by atoms with van der Waals surface area (Å²) in [5.41, 5.74) is 4.09. The lowest BCUT2D eigenvalue weighted by Gasteiger charge is -2.17. The molecule has 3 N–H and O–H groups in total. The van der Waals surface area contributed by atoms with E-state index < -0.39 is 7.14 Å². The molecule has 0 spiro atoms. The fraction of sp³-hybridized carbons (Fsp3) is 0.409. The molecule has 5 rings (SSSR count). The molecule has 7 nitrogen and oxygen atoms in total. The molecule has 0 aliphatic heterocycles. The van der Waals surface area contributed by atoms with Crippen LogP contribution in [-0.2, 0) is 9.36 Å². The quantitative estimate of drug-likeness (QED) is 0.508. The zero-order valence-electron chi connectivity index (χ0n) is 17.5. The first-order valence-corrected chi connectivity index (χ1v) is 13.0. The standard InChI is InChI=1S/C22H26N5O2P/c1-12-23-20-17(11-19(26-21(20)24-12)27-22(28)14-6-7-14)25-16-9-8-15(13-4-5-13)10-18(16)30(2,3)29/h8-11,13-14H,4-7H2,1-3H3,(H3,23,24,25,26,27,28). The van der Waals surface area contributed by atoms with E-state index in [1.807, 2.05) is 13.0 Å². The summed E-state index contributed by atoms with van der Waals surface area (Å²) in [5, 5.41) is 7.19. The maximum Gasteiger partial charge on any atom is 0.228 e. The van der Waals surface area contributed by atoms with Gasteiger partial charge in [0.1, 0.15) is 24.3 Å². The number of hydrogen-bond acceptors (Lipinski definition) is 5. The van der Waals surface area contributed by atoms with Gasteiger partial charge in [0.15, 0.2) is 5.65 Å². The third-order valence-corrected chi connectivity index (χ3v) is 7.22. The summed E-state index contributed by atoms with van der Waals surface area (Å²) in [7, 11) is -2.50. The molecule has 156 valence electrons. The number of amides is 1. The third-order valence-electron chi connectivity index (χ3n) is 5.69. The number of fused-ring (bicyclic) bond motifs is 1. The number of benzene rings is 1. The van der Waals surface area contributed by atoms with E-state index in [9.17, 15) is 9.36 Å². The number of nitrogens with zero attached hydrogens (tertiary/aromatic N) is 2. The smallest absolute Gasteiger partial charge is 0.228 e. The van der Waals surface area contributed by atoms with Crippen LogP contribution in [0.5, 0.6) is 0 Å². The van der Waals surface area contributed by atoms with Crippen molar-refractivity contribution in [3.8, 4) is 0 Å². The van der Waals surface area contributed by atoms with E-state index in [1.165, 1.54) is 18.4 Å². The molecule has 0 atom stereocenters. The highest BCUT2D eigenvalue weighted by Gasteiger charge is 2.30. The van der Waals surface area contributed by atoms with Gasteiger partial charge in [-0.25, -0.2) is 9.97 Å². The molecular weight excluding hydrogens is 397 g/mol. The number of rotatable bonds is 6. The molecule has 0 radical (unpaired) electrons. The van der Waals surface area contributed by atoms with Gasteiger partial charge in [-0.2, -0.15) is 0 Å². The first kappa shape index (κ1) is 19.3. The summed E-state index contributed by atoms with van der Waals surface area (Å²) in [5.74, 6) is 1.92. The fourth-order valence-corrected chi connectivity index (χ4v) is 4.92. The van der Waals surface area contributed by atoms with Crippen LogP contribution in [0.15, 0.2) is 24.3 Å². The van der Waals surface area contributed by atoms with Crippen LogP contribution in [0.1, 0.15) is 43.0 Å². The number of nitrogens with one attached hydrogen (secondary N) is 3. The summed E-state index contributed by atoms with van der Waals surface area (Å²) in [6, 6.07) is 8.02. The third kappa shape index (κ3) is 3.86. The number of anilines is 3. The Labute approximate surface area is 175 Å². The van der Waals surface area contributed by atoms with Crippen molar-refractivity contribution in [1.82, 2.24) is 15.0 Å². The van der Waals surface area contributed by atoms with Crippen LogP contribution in [0.4, 0.5) is 17.2 Å². The predicted molar refractivity (Wildman–Crippen MR) is 121 cm³/mol. The lowest BCUT2D eigenvalue weighted by molar-refractivity contribution is -0.117. The number of aromatic nitrogens is 3. The Morgan fingerprint density at radius 2 is 1.87 bits per heavy atom. The Balaban J connectivity index is 1.55. The van der Waals surface area contributed by atoms with Crippen molar-refractivity contribution in [2.45, 2.75) is 38.5 Å². The summed E-state index contributed by atoms with van der Waals surface area (Å²) >= 11 is 0. The highest BCUT2D eigenvalue weighted by atomic mass is 31.2. The second-order valence-corrected chi connectivity index (χ2v) is 12.0. The average molecular weight is 423 g/mol. The number of imidazole rings is 1. The molecule has 30 heavy (non-hydrogen) atoms. The number of pyridine rings is 1. The maximum atomic E-state index is 13.1. The molecule has 2 heterocycles. The van der Waals surface area contributed by atoms with Crippen molar-refractivity contribution in [1.29, 1.82) is 0 Å². The van der Waals surface area contributed by atoms with E-state index in [2.05, 4.69) is 37.7 Å². The molecule has 3 aromatic rings. The highest BCUT2D eigenvalue weighted by molar-refractivity contribution is 7.70. The predicted octanol–water partition coefficient (Wildman–Crippen LogP) is 4.48. The van der Waals surface area contributed by atoms with Crippen LogP contribution < -0.4 is 15.9 Å². The minimum absolute atomic E-state index is 0.00475. The zero-order chi connectivity index (χ0) is 21.0. The molecule has 0 saturated heterocycles. The van der Waals surface area contributed by atoms with E-state index in [4.69, 9.17) is 0 Å². The van der Waals surface area contributed by atoms with Gasteiger partial charge in [-0.15, -0.1) is 0 Å². The number of aromatic amines is 1. The molecule has 2 aliphatic carbocycles. The second kappa shape index (κ2) is 6.95. The number of H-pyrrole nitrogens is 1. The van der Waals surface area contributed by atoms with Crippen molar-refractivity contribution in [2.75, 3.05) is 24.0 Å². The Hall–Kier alpha value is -2.66. The topological polar surface area (TPSA) is 99.8 Å². The lowest BCUT2D eigenvalue weighted by Crippen LogP contribution is -2.15. The van der Waals surface area contributed by atoms with E-state index in [0.29, 0.717) is 22.9 Å². The van der Waals surface area contributed by atoms with Crippen LogP contribution in [0.2, 0.25) is 0 Å². The molecule has 1 aromatic carbocycles. The first-order chi connectivity index (χ1) is 14.3. The Morgan fingerprint density at radius 1 is 1.10 bits per heavy atom. The van der Waals surface area contributed by atoms with Gasteiger partial charge in [0.05, 0.1) is 5.69 Å². The molecule has 2 saturated carbocycles. The normalized spacial score (nSPS) is 16.6. The van der Waals surface area contributed by atoms with Crippen LogP contribution in [0.3, 0.4) is 0 Å². The Kier molecular flexibility index (Phi) is 4.47. The van der Waals surface area contributed by atoms with Crippen LogP contribution in [0, 0.1) is 12.8 Å². The minimum atomic E-state index is -2.50. The largest absolute Gasteiger partial charge is 0.353 e.